The first kappa shape index (κ1) is 17.5. The number of alkyl halides is 1. The van der Waals surface area contributed by atoms with E-state index in [1.165, 1.54) is 6.33 Å². The molecule has 1 aliphatic rings. The van der Waals surface area contributed by atoms with E-state index in [2.05, 4.69) is 25.8 Å². The molecular formula is C19H22FN5. The van der Waals surface area contributed by atoms with Gasteiger partial charge in [-0.1, -0.05) is 12.1 Å². The first-order chi connectivity index (χ1) is 12.1. The van der Waals surface area contributed by atoms with E-state index >= 15 is 0 Å². The maximum absolute atomic E-state index is 14.0. The topological polar surface area (TPSA) is 56.1 Å². The Hall–Kier alpha value is -2.36. The Morgan fingerprint density at radius 2 is 2.12 bits per heavy atom. The molecule has 0 radical (unpaired) electrons. The number of likely N-dealkylation sites (N-methyl/N-ethyl adjacent to an activating group) is 1. The summed E-state index contributed by atoms with van der Waals surface area (Å²) in [4.78, 5) is 12.4. The molecule has 2 atom stereocenters. The Kier molecular flexibility index (Phi) is 5.69. The number of hydrogen-bond acceptors (Lipinski definition) is 5. The predicted molar refractivity (Wildman–Crippen MR) is 93.2 cm³/mol. The summed E-state index contributed by atoms with van der Waals surface area (Å²) in [5.74, 6) is 0. The van der Waals surface area contributed by atoms with Crippen molar-refractivity contribution >= 4 is 0 Å². The van der Waals surface area contributed by atoms with Gasteiger partial charge in [-0.2, -0.15) is 5.26 Å². The second kappa shape index (κ2) is 8.15. The highest BCUT2D eigenvalue weighted by Crippen LogP contribution is 2.23. The quantitative estimate of drug-likeness (QED) is 0.809. The zero-order valence-electron chi connectivity index (χ0n) is 14.3. The van der Waals surface area contributed by atoms with Crippen LogP contribution < -0.4 is 0 Å². The highest BCUT2D eigenvalue weighted by molar-refractivity contribution is 5.32. The Bertz CT molecular complexity index is 730. The summed E-state index contributed by atoms with van der Waals surface area (Å²) in [6.07, 6.45) is 4.84. The van der Waals surface area contributed by atoms with Crippen LogP contribution in [0.15, 0.2) is 43.0 Å². The Labute approximate surface area is 147 Å². The first-order valence-electron chi connectivity index (χ1n) is 8.43. The molecule has 0 saturated carbocycles. The first-order valence-corrected chi connectivity index (χ1v) is 8.43. The van der Waals surface area contributed by atoms with Gasteiger partial charge in [0.1, 0.15) is 12.5 Å². The van der Waals surface area contributed by atoms with Crippen LogP contribution in [0.3, 0.4) is 0 Å². The van der Waals surface area contributed by atoms with Crippen LogP contribution in [-0.2, 0) is 13.1 Å². The van der Waals surface area contributed by atoms with Crippen molar-refractivity contribution in [2.45, 2.75) is 31.7 Å². The van der Waals surface area contributed by atoms with Crippen LogP contribution in [0, 0.1) is 11.3 Å². The van der Waals surface area contributed by atoms with E-state index in [1.807, 2.05) is 25.2 Å². The van der Waals surface area contributed by atoms with Crippen molar-refractivity contribution in [2.75, 3.05) is 20.1 Å². The number of rotatable bonds is 6. The largest absolute Gasteiger partial charge is 0.301 e. The smallest absolute Gasteiger partial charge is 0.115 e. The lowest BCUT2D eigenvalue weighted by atomic mass is 10.1. The van der Waals surface area contributed by atoms with E-state index < -0.39 is 6.17 Å². The van der Waals surface area contributed by atoms with E-state index in [0.29, 0.717) is 25.1 Å². The number of nitriles is 1. The molecule has 0 aliphatic carbocycles. The van der Waals surface area contributed by atoms with Gasteiger partial charge in [0.15, 0.2) is 0 Å². The standard InChI is InChI=1S/C19H22FN5/c1-24(10-16-4-2-3-15(5-16)7-21)13-19-6-18(20)12-25(19)11-17-8-22-14-23-9-17/h2-5,8-9,14,18-19H,6,10-13H2,1H3/t18-,19-/m0/s1. The fourth-order valence-corrected chi connectivity index (χ4v) is 3.43. The molecule has 130 valence electrons. The fourth-order valence-electron chi connectivity index (χ4n) is 3.43. The van der Waals surface area contributed by atoms with Crippen LogP contribution in [0.25, 0.3) is 0 Å². The van der Waals surface area contributed by atoms with Gasteiger partial charge in [0, 0.05) is 50.2 Å². The lowest BCUT2D eigenvalue weighted by Crippen LogP contribution is -2.38. The molecule has 0 amide bonds. The van der Waals surface area contributed by atoms with Crippen molar-refractivity contribution in [1.29, 1.82) is 5.26 Å². The van der Waals surface area contributed by atoms with Gasteiger partial charge in [-0.05, 0) is 31.2 Å². The third-order valence-electron chi connectivity index (χ3n) is 4.51. The summed E-state index contributed by atoms with van der Waals surface area (Å²) in [5, 5.41) is 9.01. The second-order valence-electron chi connectivity index (χ2n) is 6.67. The van der Waals surface area contributed by atoms with E-state index in [1.54, 1.807) is 18.5 Å². The lowest BCUT2D eigenvalue weighted by molar-refractivity contribution is 0.180. The number of aromatic nitrogens is 2. The highest BCUT2D eigenvalue weighted by Gasteiger charge is 2.32. The minimum absolute atomic E-state index is 0.166. The zero-order chi connectivity index (χ0) is 17.6. The van der Waals surface area contributed by atoms with Crippen molar-refractivity contribution in [3.05, 3.63) is 59.7 Å². The highest BCUT2D eigenvalue weighted by atomic mass is 19.1. The average molecular weight is 339 g/mol. The molecule has 1 aromatic carbocycles. The van der Waals surface area contributed by atoms with Crippen LogP contribution in [0.5, 0.6) is 0 Å². The third kappa shape index (κ3) is 4.81. The molecule has 2 heterocycles. The van der Waals surface area contributed by atoms with Gasteiger partial charge in [0.25, 0.3) is 0 Å². The van der Waals surface area contributed by atoms with E-state index in [0.717, 1.165) is 24.2 Å². The van der Waals surface area contributed by atoms with Gasteiger partial charge in [-0.15, -0.1) is 0 Å². The number of hydrogen-bond donors (Lipinski definition) is 0. The van der Waals surface area contributed by atoms with Crippen molar-refractivity contribution in [1.82, 2.24) is 19.8 Å². The molecule has 1 aromatic heterocycles. The van der Waals surface area contributed by atoms with Gasteiger partial charge < -0.3 is 4.90 Å². The monoisotopic (exact) mass is 339 g/mol. The van der Waals surface area contributed by atoms with Gasteiger partial charge in [-0.25, -0.2) is 14.4 Å². The van der Waals surface area contributed by atoms with E-state index in [9.17, 15) is 4.39 Å². The molecule has 1 saturated heterocycles. The molecular weight excluding hydrogens is 317 g/mol. The molecule has 6 heteroatoms. The summed E-state index contributed by atoms with van der Waals surface area (Å²) in [5.41, 5.74) is 2.77. The average Bonchev–Trinajstić information content (AvgIpc) is 2.94. The summed E-state index contributed by atoms with van der Waals surface area (Å²) in [6, 6.07) is 9.96. The van der Waals surface area contributed by atoms with Gasteiger partial charge in [0.05, 0.1) is 11.6 Å². The number of likely N-dealkylation sites (tertiary alicyclic amines) is 1. The van der Waals surface area contributed by atoms with Crippen LogP contribution >= 0.6 is 0 Å². The summed E-state index contributed by atoms with van der Waals surface area (Å²) >= 11 is 0. The summed E-state index contributed by atoms with van der Waals surface area (Å²) in [6.45, 7) is 2.65. The number of benzene rings is 1. The van der Waals surface area contributed by atoms with Gasteiger partial charge in [-0.3, -0.25) is 4.90 Å². The van der Waals surface area contributed by atoms with E-state index in [-0.39, 0.29) is 6.04 Å². The number of nitrogens with zero attached hydrogens (tertiary/aromatic N) is 5. The maximum Gasteiger partial charge on any atom is 0.115 e. The molecule has 25 heavy (non-hydrogen) atoms. The fraction of sp³-hybridized carbons (Fsp3) is 0.421. The lowest BCUT2D eigenvalue weighted by Gasteiger charge is -2.28. The molecule has 0 N–H and O–H groups in total. The van der Waals surface area contributed by atoms with Crippen molar-refractivity contribution in [3.8, 4) is 6.07 Å². The van der Waals surface area contributed by atoms with Gasteiger partial charge in [0.2, 0.25) is 0 Å². The zero-order valence-corrected chi connectivity index (χ0v) is 14.3. The van der Waals surface area contributed by atoms with Crippen LogP contribution in [0.4, 0.5) is 4.39 Å². The SMILES string of the molecule is CN(Cc1cccc(C#N)c1)C[C@@H]1C[C@H](F)CN1Cc1cncnc1. The molecule has 0 unspecified atom stereocenters. The van der Waals surface area contributed by atoms with Crippen LogP contribution in [0.2, 0.25) is 0 Å². The number of halogens is 1. The Balaban J connectivity index is 1.60. The molecule has 0 spiro atoms. The summed E-state index contributed by atoms with van der Waals surface area (Å²) in [7, 11) is 2.04. The van der Waals surface area contributed by atoms with Crippen molar-refractivity contribution in [3.63, 3.8) is 0 Å². The van der Waals surface area contributed by atoms with Crippen molar-refractivity contribution in [2.24, 2.45) is 0 Å². The van der Waals surface area contributed by atoms with E-state index in [4.69, 9.17) is 5.26 Å². The normalized spacial score (nSPS) is 20.7. The Morgan fingerprint density at radius 3 is 2.88 bits per heavy atom. The van der Waals surface area contributed by atoms with Crippen molar-refractivity contribution < 1.29 is 4.39 Å². The molecule has 1 fully saturated rings. The summed E-state index contributed by atoms with van der Waals surface area (Å²) < 4.78 is 14.0. The molecule has 1 aliphatic heterocycles. The second-order valence-corrected chi connectivity index (χ2v) is 6.67. The van der Waals surface area contributed by atoms with Gasteiger partial charge >= 0.3 is 0 Å². The van der Waals surface area contributed by atoms with Crippen LogP contribution in [-0.4, -0.2) is 52.1 Å². The molecule has 2 aromatic rings. The maximum atomic E-state index is 14.0. The van der Waals surface area contributed by atoms with Crippen LogP contribution in [0.1, 0.15) is 23.1 Å². The molecule has 0 bridgehead atoms. The third-order valence-corrected chi connectivity index (χ3v) is 4.51. The molecule has 3 rings (SSSR count). The Morgan fingerprint density at radius 1 is 1.32 bits per heavy atom. The minimum Gasteiger partial charge on any atom is -0.301 e. The minimum atomic E-state index is -0.787. The predicted octanol–water partition coefficient (Wildman–Crippen LogP) is 2.39. The molecule has 5 nitrogen and oxygen atoms in total.